The summed E-state index contributed by atoms with van der Waals surface area (Å²) >= 11 is 0. The molecule has 0 saturated carbocycles. The van der Waals surface area contributed by atoms with Gasteiger partial charge < -0.3 is 24.7 Å². The van der Waals surface area contributed by atoms with Gasteiger partial charge in [0.15, 0.2) is 11.5 Å². The summed E-state index contributed by atoms with van der Waals surface area (Å²) in [5, 5.41) is 17.2. The Hall–Kier alpha value is -4.12. The fraction of sp³-hybridized carbons (Fsp3) is 0.182. The normalized spacial score (nSPS) is 15.1. The van der Waals surface area contributed by atoms with Crippen molar-refractivity contribution < 1.29 is 18.9 Å². The summed E-state index contributed by atoms with van der Waals surface area (Å²) in [6, 6.07) is 15.5. The Morgan fingerprint density at radius 2 is 1.77 bits per heavy atom. The SMILES string of the molecule is COc1ccc([C@@H]2C(C#N)=C(N)Oc3n[nH]c(-c4ccccc4)c32)c(OC)c1OC. The van der Waals surface area contributed by atoms with Crippen LogP contribution < -0.4 is 24.7 Å². The van der Waals surface area contributed by atoms with Crippen molar-refractivity contribution in [3.63, 3.8) is 0 Å². The fourth-order valence-corrected chi connectivity index (χ4v) is 3.73. The molecule has 2 heterocycles. The Morgan fingerprint density at radius 1 is 1.03 bits per heavy atom. The van der Waals surface area contributed by atoms with Gasteiger partial charge >= 0.3 is 0 Å². The highest BCUT2D eigenvalue weighted by Crippen LogP contribution is 2.51. The van der Waals surface area contributed by atoms with Gasteiger partial charge in [-0.25, -0.2) is 0 Å². The van der Waals surface area contributed by atoms with Crippen LogP contribution in [-0.2, 0) is 0 Å². The third-order valence-corrected chi connectivity index (χ3v) is 5.05. The van der Waals surface area contributed by atoms with Crippen LogP contribution in [-0.4, -0.2) is 31.5 Å². The number of benzene rings is 2. The van der Waals surface area contributed by atoms with Crippen LogP contribution in [0.15, 0.2) is 53.9 Å². The first-order valence-corrected chi connectivity index (χ1v) is 9.14. The van der Waals surface area contributed by atoms with Crippen LogP contribution in [0.4, 0.5) is 0 Å². The average molecular weight is 404 g/mol. The van der Waals surface area contributed by atoms with Gasteiger partial charge in [-0.3, -0.25) is 5.10 Å². The lowest BCUT2D eigenvalue weighted by molar-refractivity contribution is 0.321. The Kier molecular flexibility index (Phi) is 4.94. The molecule has 30 heavy (non-hydrogen) atoms. The van der Waals surface area contributed by atoms with Crippen LogP contribution in [0.3, 0.4) is 0 Å². The molecule has 1 atom stereocenters. The van der Waals surface area contributed by atoms with Gasteiger partial charge in [-0.15, -0.1) is 5.10 Å². The number of fused-ring (bicyclic) bond motifs is 1. The number of H-pyrrole nitrogens is 1. The third-order valence-electron chi connectivity index (χ3n) is 5.05. The summed E-state index contributed by atoms with van der Waals surface area (Å²) in [6.45, 7) is 0. The van der Waals surface area contributed by atoms with Gasteiger partial charge in [-0.1, -0.05) is 36.4 Å². The molecule has 0 unspecified atom stereocenters. The molecule has 0 radical (unpaired) electrons. The molecule has 0 spiro atoms. The first-order chi connectivity index (χ1) is 14.6. The lowest BCUT2D eigenvalue weighted by atomic mass is 9.82. The van der Waals surface area contributed by atoms with Crippen molar-refractivity contribution in [1.29, 1.82) is 5.26 Å². The first-order valence-electron chi connectivity index (χ1n) is 9.14. The zero-order chi connectivity index (χ0) is 21.3. The number of nitriles is 1. The average Bonchev–Trinajstić information content (AvgIpc) is 3.20. The minimum atomic E-state index is -0.581. The minimum absolute atomic E-state index is 0.00190. The van der Waals surface area contributed by atoms with Crippen LogP contribution in [0.5, 0.6) is 23.1 Å². The highest BCUT2D eigenvalue weighted by Gasteiger charge is 2.38. The van der Waals surface area contributed by atoms with E-state index in [2.05, 4.69) is 16.3 Å². The summed E-state index contributed by atoms with van der Waals surface area (Å²) in [5.41, 5.74) is 9.34. The van der Waals surface area contributed by atoms with Gasteiger partial charge in [-0.2, -0.15) is 5.26 Å². The molecule has 0 fully saturated rings. The van der Waals surface area contributed by atoms with Gasteiger partial charge in [0.2, 0.25) is 17.5 Å². The molecule has 0 saturated heterocycles. The monoisotopic (exact) mass is 404 g/mol. The van der Waals surface area contributed by atoms with E-state index in [0.29, 0.717) is 34.3 Å². The van der Waals surface area contributed by atoms with Crippen LogP contribution in [0, 0.1) is 11.3 Å². The number of allylic oxidation sites excluding steroid dienone is 1. The summed E-state index contributed by atoms with van der Waals surface area (Å²) in [7, 11) is 4.61. The molecule has 0 bridgehead atoms. The molecule has 1 aromatic heterocycles. The number of hydrogen-bond donors (Lipinski definition) is 2. The van der Waals surface area contributed by atoms with Crippen molar-refractivity contribution >= 4 is 0 Å². The molecule has 152 valence electrons. The largest absolute Gasteiger partial charge is 0.493 e. The van der Waals surface area contributed by atoms with E-state index >= 15 is 0 Å². The molecule has 1 aliphatic heterocycles. The van der Waals surface area contributed by atoms with E-state index in [1.807, 2.05) is 36.4 Å². The van der Waals surface area contributed by atoms with E-state index in [9.17, 15) is 5.26 Å². The van der Waals surface area contributed by atoms with Crippen molar-refractivity contribution in [2.24, 2.45) is 5.73 Å². The van der Waals surface area contributed by atoms with Gasteiger partial charge in [0.25, 0.3) is 0 Å². The van der Waals surface area contributed by atoms with E-state index in [1.165, 1.54) is 14.2 Å². The summed E-state index contributed by atoms with van der Waals surface area (Å²) in [4.78, 5) is 0. The van der Waals surface area contributed by atoms with Crippen molar-refractivity contribution in [3.8, 4) is 40.5 Å². The molecule has 0 amide bonds. The molecular formula is C22H20N4O4. The molecule has 3 N–H and O–H groups in total. The Labute approximate surface area is 173 Å². The smallest absolute Gasteiger partial charge is 0.244 e. The standard InChI is InChI=1S/C22H20N4O4/c1-27-15-10-9-13(19(28-2)20(15)29-3)16-14(11-23)21(24)30-22-17(16)18(25-26-22)12-7-5-4-6-8-12/h4-10,16H,24H2,1-3H3,(H,25,26)/t16-/m1/s1. The zero-order valence-electron chi connectivity index (χ0n) is 16.7. The van der Waals surface area contributed by atoms with Gasteiger partial charge in [0, 0.05) is 5.56 Å². The van der Waals surface area contributed by atoms with Crippen LogP contribution in [0.2, 0.25) is 0 Å². The van der Waals surface area contributed by atoms with Crippen molar-refractivity contribution in [1.82, 2.24) is 10.2 Å². The second-order valence-electron chi connectivity index (χ2n) is 6.53. The summed E-state index contributed by atoms with van der Waals surface area (Å²) in [5.74, 6) is 1.10. The predicted octanol–water partition coefficient (Wildman–Crippen LogP) is 3.32. The molecule has 0 aliphatic carbocycles. The van der Waals surface area contributed by atoms with Crippen LogP contribution in [0.1, 0.15) is 17.0 Å². The van der Waals surface area contributed by atoms with Crippen LogP contribution >= 0.6 is 0 Å². The minimum Gasteiger partial charge on any atom is -0.493 e. The molecule has 4 rings (SSSR count). The maximum absolute atomic E-state index is 9.91. The van der Waals surface area contributed by atoms with E-state index in [0.717, 1.165) is 11.3 Å². The molecular weight excluding hydrogens is 384 g/mol. The van der Waals surface area contributed by atoms with Crippen LogP contribution in [0.25, 0.3) is 11.3 Å². The number of nitrogens with one attached hydrogen (secondary N) is 1. The maximum atomic E-state index is 9.91. The number of ether oxygens (including phenoxy) is 4. The molecule has 3 aromatic rings. The van der Waals surface area contributed by atoms with Crippen molar-refractivity contribution in [3.05, 3.63) is 65.0 Å². The molecule has 1 aliphatic rings. The first kappa shape index (κ1) is 19.2. The van der Waals surface area contributed by atoms with E-state index in [4.69, 9.17) is 24.7 Å². The van der Waals surface area contributed by atoms with Crippen molar-refractivity contribution in [2.45, 2.75) is 5.92 Å². The van der Waals surface area contributed by atoms with E-state index in [-0.39, 0.29) is 11.5 Å². The van der Waals surface area contributed by atoms with Crippen molar-refractivity contribution in [2.75, 3.05) is 21.3 Å². The number of aromatic nitrogens is 2. The summed E-state index contributed by atoms with van der Waals surface area (Å²) < 4.78 is 22.3. The maximum Gasteiger partial charge on any atom is 0.244 e. The lowest BCUT2D eigenvalue weighted by Crippen LogP contribution is -2.21. The Bertz CT molecular complexity index is 1160. The summed E-state index contributed by atoms with van der Waals surface area (Å²) in [6.07, 6.45) is 0. The molecule has 8 heteroatoms. The second kappa shape index (κ2) is 7.72. The number of hydrogen-bond acceptors (Lipinski definition) is 7. The van der Waals surface area contributed by atoms with Gasteiger partial charge in [0.05, 0.1) is 38.5 Å². The zero-order valence-corrected chi connectivity index (χ0v) is 16.7. The van der Waals surface area contributed by atoms with E-state index in [1.54, 1.807) is 13.2 Å². The number of nitrogens with zero attached hydrogens (tertiary/aromatic N) is 2. The number of rotatable bonds is 5. The lowest BCUT2D eigenvalue weighted by Gasteiger charge is -2.26. The quantitative estimate of drug-likeness (QED) is 0.670. The predicted molar refractivity (Wildman–Crippen MR) is 109 cm³/mol. The van der Waals surface area contributed by atoms with Gasteiger partial charge in [0.1, 0.15) is 11.6 Å². The highest BCUT2D eigenvalue weighted by atomic mass is 16.5. The second-order valence-corrected chi connectivity index (χ2v) is 6.53. The Balaban J connectivity index is 2.01. The Morgan fingerprint density at radius 3 is 2.40 bits per heavy atom. The number of aromatic amines is 1. The third kappa shape index (κ3) is 2.88. The molecule has 8 nitrogen and oxygen atoms in total. The molecule has 2 aromatic carbocycles. The highest BCUT2D eigenvalue weighted by molar-refractivity contribution is 5.72. The topological polar surface area (TPSA) is 115 Å². The number of methoxy groups -OCH3 is 3. The fourth-order valence-electron chi connectivity index (χ4n) is 3.73. The van der Waals surface area contributed by atoms with E-state index < -0.39 is 5.92 Å². The number of nitrogens with two attached hydrogens (primary N) is 1. The van der Waals surface area contributed by atoms with Gasteiger partial charge in [-0.05, 0) is 11.6 Å².